The van der Waals surface area contributed by atoms with Crippen molar-refractivity contribution in [2.45, 2.75) is 19.9 Å². The fourth-order valence-electron chi connectivity index (χ4n) is 1.48. The van der Waals surface area contributed by atoms with Crippen LogP contribution in [0.2, 0.25) is 0 Å². The number of benzene rings is 1. The van der Waals surface area contributed by atoms with E-state index in [2.05, 4.69) is 15.5 Å². The van der Waals surface area contributed by atoms with E-state index in [1.54, 1.807) is 19.1 Å². The summed E-state index contributed by atoms with van der Waals surface area (Å²) in [5.74, 6) is 0.229. The lowest BCUT2D eigenvalue weighted by Gasteiger charge is -2.10. The normalized spacial score (nSPS) is 12.2. The minimum Gasteiger partial charge on any atom is -0.423 e. The molecule has 0 aliphatic carbocycles. The van der Waals surface area contributed by atoms with Gasteiger partial charge in [0.05, 0.1) is 6.04 Å². The summed E-state index contributed by atoms with van der Waals surface area (Å²) in [6, 6.07) is 4.91. The summed E-state index contributed by atoms with van der Waals surface area (Å²) in [6.45, 7) is 3.52. The van der Waals surface area contributed by atoms with Gasteiger partial charge in [-0.15, -0.1) is 10.2 Å². The zero-order chi connectivity index (χ0) is 13.1. The molecule has 18 heavy (non-hydrogen) atoms. The van der Waals surface area contributed by atoms with E-state index >= 15 is 0 Å². The predicted octanol–water partition coefficient (Wildman–Crippen LogP) is 1.33. The van der Waals surface area contributed by atoms with E-state index in [1.165, 1.54) is 6.39 Å². The van der Waals surface area contributed by atoms with Crippen molar-refractivity contribution in [1.82, 2.24) is 10.2 Å². The van der Waals surface area contributed by atoms with E-state index in [1.807, 2.05) is 13.0 Å². The molecular formula is C12H14N4O2. The Morgan fingerprint density at radius 3 is 2.83 bits per heavy atom. The smallest absolute Gasteiger partial charge is 0.247 e. The molecule has 0 unspecified atom stereocenters. The Kier molecular flexibility index (Phi) is 3.38. The molecule has 0 bridgehead atoms. The highest BCUT2D eigenvalue weighted by atomic mass is 16.4. The molecule has 0 saturated carbocycles. The maximum atomic E-state index is 11.5. The van der Waals surface area contributed by atoms with Crippen LogP contribution in [0.15, 0.2) is 29.0 Å². The van der Waals surface area contributed by atoms with Crippen LogP contribution in [0.5, 0.6) is 0 Å². The topological polar surface area (TPSA) is 94.0 Å². The van der Waals surface area contributed by atoms with Crippen molar-refractivity contribution in [1.29, 1.82) is 0 Å². The first-order valence-corrected chi connectivity index (χ1v) is 5.51. The molecule has 1 amide bonds. The largest absolute Gasteiger partial charge is 0.423 e. The Morgan fingerprint density at radius 2 is 2.28 bits per heavy atom. The highest BCUT2D eigenvalue weighted by Gasteiger charge is 2.10. The van der Waals surface area contributed by atoms with Crippen molar-refractivity contribution in [3.63, 3.8) is 0 Å². The molecular weight excluding hydrogens is 232 g/mol. The van der Waals surface area contributed by atoms with Crippen molar-refractivity contribution >= 4 is 11.6 Å². The molecule has 0 saturated heterocycles. The molecule has 0 aliphatic rings. The van der Waals surface area contributed by atoms with E-state index in [-0.39, 0.29) is 5.91 Å². The predicted molar refractivity (Wildman–Crippen MR) is 66.8 cm³/mol. The van der Waals surface area contributed by atoms with Gasteiger partial charge in [-0.1, -0.05) is 0 Å². The first-order valence-electron chi connectivity index (χ1n) is 5.51. The second-order valence-corrected chi connectivity index (χ2v) is 4.05. The lowest BCUT2D eigenvalue weighted by atomic mass is 10.1. The van der Waals surface area contributed by atoms with Gasteiger partial charge in [0.25, 0.3) is 0 Å². The maximum absolute atomic E-state index is 11.5. The zero-order valence-corrected chi connectivity index (χ0v) is 10.2. The minimum atomic E-state index is -0.542. The summed E-state index contributed by atoms with van der Waals surface area (Å²) < 4.78 is 5.10. The summed E-state index contributed by atoms with van der Waals surface area (Å²) in [4.78, 5) is 11.5. The van der Waals surface area contributed by atoms with Crippen LogP contribution >= 0.6 is 0 Å². The molecule has 6 heteroatoms. The standard InChI is InChI=1S/C12H14N4O2/c1-7-5-9(12-16-14-6-18-12)3-4-10(7)15-11(17)8(2)13/h3-6,8H,13H2,1-2H3,(H,15,17)/t8-/m0/s1. The number of hydrogen-bond donors (Lipinski definition) is 2. The monoisotopic (exact) mass is 246 g/mol. The van der Waals surface area contributed by atoms with Gasteiger partial charge >= 0.3 is 0 Å². The molecule has 1 aromatic carbocycles. The number of carbonyl (C=O) groups excluding carboxylic acids is 1. The fourth-order valence-corrected chi connectivity index (χ4v) is 1.48. The van der Waals surface area contributed by atoms with E-state index in [0.717, 1.165) is 16.8 Å². The summed E-state index contributed by atoms with van der Waals surface area (Å²) in [7, 11) is 0. The van der Waals surface area contributed by atoms with Crippen LogP contribution < -0.4 is 11.1 Å². The number of nitrogens with zero attached hydrogens (tertiary/aromatic N) is 2. The van der Waals surface area contributed by atoms with Gasteiger partial charge in [-0.3, -0.25) is 4.79 Å². The Labute approximate surface area is 104 Å². The molecule has 0 aliphatic heterocycles. The van der Waals surface area contributed by atoms with Gasteiger partial charge in [-0.25, -0.2) is 0 Å². The highest BCUT2D eigenvalue weighted by Crippen LogP contribution is 2.23. The third-order valence-electron chi connectivity index (χ3n) is 2.50. The average Bonchev–Trinajstić information content (AvgIpc) is 2.85. The highest BCUT2D eigenvalue weighted by molar-refractivity contribution is 5.95. The summed E-state index contributed by atoms with van der Waals surface area (Å²) >= 11 is 0. The molecule has 0 radical (unpaired) electrons. The number of rotatable bonds is 3. The van der Waals surface area contributed by atoms with Crippen molar-refractivity contribution in [2.75, 3.05) is 5.32 Å². The zero-order valence-electron chi connectivity index (χ0n) is 10.2. The number of nitrogens with two attached hydrogens (primary N) is 1. The molecule has 0 fully saturated rings. The van der Waals surface area contributed by atoms with Gasteiger partial charge in [-0.2, -0.15) is 0 Å². The Hall–Kier alpha value is -2.21. The number of carbonyl (C=O) groups is 1. The second-order valence-electron chi connectivity index (χ2n) is 4.05. The van der Waals surface area contributed by atoms with Crippen molar-refractivity contribution in [2.24, 2.45) is 5.73 Å². The van der Waals surface area contributed by atoms with Crippen LogP contribution in [0.1, 0.15) is 12.5 Å². The minimum absolute atomic E-state index is 0.219. The molecule has 0 spiro atoms. The van der Waals surface area contributed by atoms with E-state index in [0.29, 0.717) is 5.89 Å². The Balaban J connectivity index is 2.23. The molecule has 1 heterocycles. The van der Waals surface area contributed by atoms with Crippen molar-refractivity contribution < 1.29 is 9.21 Å². The van der Waals surface area contributed by atoms with Gasteiger partial charge < -0.3 is 15.5 Å². The second kappa shape index (κ2) is 4.97. The van der Waals surface area contributed by atoms with Gasteiger partial charge in [-0.05, 0) is 37.6 Å². The van der Waals surface area contributed by atoms with Gasteiger partial charge in [0, 0.05) is 11.3 Å². The fraction of sp³-hybridized carbons (Fsp3) is 0.250. The van der Waals surface area contributed by atoms with Crippen LogP contribution in [-0.4, -0.2) is 22.1 Å². The van der Waals surface area contributed by atoms with E-state index in [9.17, 15) is 4.79 Å². The number of nitrogens with one attached hydrogen (secondary N) is 1. The number of aryl methyl sites for hydroxylation is 1. The molecule has 1 atom stereocenters. The van der Waals surface area contributed by atoms with Crippen LogP contribution in [0.25, 0.3) is 11.5 Å². The molecule has 3 N–H and O–H groups in total. The van der Waals surface area contributed by atoms with Crippen LogP contribution in [0.3, 0.4) is 0 Å². The summed E-state index contributed by atoms with van der Waals surface area (Å²) in [5, 5.41) is 10.2. The molecule has 1 aromatic heterocycles. The van der Waals surface area contributed by atoms with Crippen molar-refractivity contribution in [3.8, 4) is 11.5 Å². The summed E-state index contributed by atoms with van der Waals surface area (Å²) in [5.41, 5.74) is 7.93. The molecule has 2 rings (SSSR count). The molecule has 2 aromatic rings. The number of anilines is 1. The van der Waals surface area contributed by atoms with E-state index in [4.69, 9.17) is 10.2 Å². The average molecular weight is 246 g/mol. The van der Waals surface area contributed by atoms with Crippen LogP contribution in [0.4, 0.5) is 5.69 Å². The lowest BCUT2D eigenvalue weighted by molar-refractivity contribution is -0.117. The van der Waals surface area contributed by atoms with Gasteiger partial charge in [0.15, 0.2) is 0 Å². The third kappa shape index (κ3) is 2.54. The van der Waals surface area contributed by atoms with E-state index < -0.39 is 6.04 Å². The first kappa shape index (κ1) is 12.3. The first-order chi connectivity index (χ1) is 8.58. The summed E-state index contributed by atoms with van der Waals surface area (Å²) in [6.07, 6.45) is 1.27. The maximum Gasteiger partial charge on any atom is 0.247 e. The number of hydrogen-bond acceptors (Lipinski definition) is 5. The van der Waals surface area contributed by atoms with Gasteiger partial charge in [0.2, 0.25) is 18.2 Å². The Bertz CT molecular complexity index is 549. The third-order valence-corrected chi connectivity index (χ3v) is 2.50. The molecule has 94 valence electrons. The number of amides is 1. The van der Waals surface area contributed by atoms with Crippen molar-refractivity contribution in [3.05, 3.63) is 30.2 Å². The van der Waals surface area contributed by atoms with Crippen LogP contribution in [0, 0.1) is 6.92 Å². The quantitative estimate of drug-likeness (QED) is 0.852. The van der Waals surface area contributed by atoms with Gasteiger partial charge in [0.1, 0.15) is 0 Å². The lowest BCUT2D eigenvalue weighted by Crippen LogP contribution is -2.32. The Morgan fingerprint density at radius 1 is 1.50 bits per heavy atom. The van der Waals surface area contributed by atoms with Crippen LogP contribution in [-0.2, 0) is 4.79 Å². The molecule has 6 nitrogen and oxygen atoms in total. The number of aromatic nitrogens is 2. The SMILES string of the molecule is Cc1cc(-c2nnco2)ccc1NC(=O)[C@H](C)N.